The van der Waals surface area contributed by atoms with E-state index in [0.29, 0.717) is 6.61 Å². The van der Waals surface area contributed by atoms with Crippen molar-refractivity contribution >= 4 is 31.9 Å². The molecule has 0 amide bonds. The van der Waals surface area contributed by atoms with Gasteiger partial charge in [0.1, 0.15) is 5.75 Å². The first-order valence-corrected chi connectivity index (χ1v) is 8.09. The summed E-state index contributed by atoms with van der Waals surface area (Å²) in [6.45, 7) is 2.68. The minimum atomic E-state index is 0.137. The van der Waals surface area contributed by atoms with Crippen molar-refractivity contribution in [3.05, 3.63) is 62.5 Å². The standard InChI is InChI=1S/C16H17Br2NO/c1-3-20-13-7-4-11(5-8-13)16(19-2)14-10-12(17)6-9-15(14)18/h4-10,16,19H,3H2,1-2H3. The van der Waals surface area contributed by atoms with E-state index in [1.54, 1.807) is 0 Å². The third-order valence-electron chi connectivity index (χ3n) is 3.08. The molecule has 20 heavy (non-hydrogen) atoms. The zero-order chi connectivity index (χ0) is 14.5. The molecule has 1 unspecified atom stereocenters. The molecule has 0 heterocycles. The molecule has 1 atom stereocenters. The second kappa shape index (κ2) is 7.25. The smallest absolute Gasteiger partial charge is 0.119 e. The lowest BCUT2D eigenvalue weighted by Gasteiger charge is -2.19. The molecular formula is C16H17Br2NO. The Kier molecular flexibility index (Phi) is 5.64. The Balaban J connectivity index is 2.34. The molecule has 0 fully saturated rings. The lowest BCUT2D eigenvalue weighted by Crippen LogP contribution is -2.18. The van der Waals surface area contributed by atoms with Crippen LogP contribution in [0.25, 0.3) is 0 Å². The first-order valence-electron chi connectivity index (χ1n) is 6.50. The number of benzene rings is 2. The molecule has 2 aromatic rings. The summed E-state index contributed by atoms with van der Waals surface area (Å²) >= 11 is 7.15. The average molecular weight is 399 g/mol. The third-order valence-corrected chi connectivity index (χ3v) is 4.30. The van der Waals surface area contributed by atoms with Crippen molar-refractivity contribution in [1.29, 1.82) is 0 Å². The molecule has 2 aromatic carbocycles. The molecule has 0 aliphatic carbocycles. The van der Waals surface area contributed by atoms with Crippen LogP contribution in [0.3, 0.4) is 0 Å². The molecule has 2 rings (SSSR count). The minimum Gasteiger partial charge on any atom is -0.494 e. The highest BCUT2D eigenvalue weighted by Crippen LogP contribution is 2.31. The number of hydrogen-bond donors (Lipinski definition) is 1. The quantitative estimate of drug-likeness (QED) is 0.771. The van der Waals surface area contributed by atoms with Gasteiger partial charge in [-0.3, -0.25) is 0 Å². The molecule has 0 aromatic heterocycles. The van der Waals surface area contributed by atoms with E-state index in [0.717, 1.165) is 14.7 Å². The highest BCUT2D eigenvalue weighted by atomic mass is 79.9. The van der Waals surface area contributed by atoms with E-state index >= 15 is 0 Å². The van der Waals surface area contributed by atoms with Gasteiger partial charge in [0.25, 0.3) is 0 Å². The van der Waals surface area contributed by atoms with E-state index in [2.05, 4.69) is 61.4 Å². The Bertz CT molecular complexity index is 569. The lowest BCUT2D eigenvalue weighted by molar-refractivity contribution is 0.340. The Morgan fingerprint density at radius 2 is 1.80 bits per heavy atom. The van der Waals surface area contributed by atoms with E-state index < -0.39 is 0 Å². The predicted octanol–water partition coefficient (Wildman–Crippen LogP) is 4.92. The molecule has 0 radical (unpaired) electrons. The van der Waals surface area contributed by atoms with Gasteiger partial charge in [0, 0.05) is 8.95 Å². The lowest BCUT2D eigenvalue weighted by atomic mass is 9.99. The van der Waals surface area contributed by atoms with E-state index in [1.807, 2.05) is 32.2 Å². The Morgan fingerprint density at radius 3 is 2.40 bits per heavy atom. The van der Waals surface area contributed by atoms with Gasteiger partial charge in [-0.2, -0.15) is 0 Å². The summed E-state index contributed by atoms with van der Waals surface area (Å²) in [5, 5.41) is 3.36. The summed E-state index contributed by atoms with van der Waals surface area (Å²) in [5.74, 6) is 0.902. The van der Waals surface area contributed by atoms with Crippen LogP contribution in [0.1, 0.15) is 24.1 Å². The fourth-order valence-corrected chi connectivity index (χ4v) is 3.02. The van der Waals surface area contributed by atoms with E-state index in [4.69, 9.17) is 4.74 Å². The second-order valence-corrected chi connectivity index (χ2v) is 6.16. The summed E-state index contributed by atoms with van der Waals surface area (Å²) in [5.41, 5.74) is 2.40. The van der Waals surface area contributed by atoms with Crippen molar-refractivity contribution in [2.75, 3.05) is 13.7 Å². The highest BCUT2D eigenvalue weighted by molar-refractivity contribution is 9.11. The van der Waals surface area contributed by atoms with Crippen LogP contribution in [-0.4, -0.2) is 13.7 Å². The largest absolute Gasteiger partial charge is 0.494 e. The van der Waals surface area contributed by atoms with Crippen molar-refractivity contribution in [2.24, 2.45) is 0 Å². The van der Waals surface area contributed by atoms with Gasteiger partial charge < -0.3 is 10.1 Å². The predicted molar refractivity (Wildman–Crippen MR) is 90.4 cm³/mol. The van der Waals surface area contributed by atoms with Crippen LogP contribution in [0.5, 0.6) is 5.75 Å². The molecule has 106 valence electrons. The Labute approximate surface area is 136 Å². The summed E-state index contributed by atoms with van der Waals surface area (Å²) in [7, 11) is 1.97. The monoisotopic (exact) mass is 397 g/mol. The SMILES string of the molecule is CCOc1ccc(C(NC)c2cc(Br)ccc2Br)cc1. The summed E-state index contributed by atoms with van der Waals surface area (Å²) in [4.78, 5) is 0. The molecule has 0 spiro atoms. The van der Waals surface area contributed by atoms with Gasteiger partial charge >= 0.3 is 0 Å². The van der Waals surface area contributed by atoms with Gasteiger partial charge in [-0.05, 0) is 55.4 Å². The maximum Gasteiger partial charge on any atom is 0.119 e. The van der Waals surface area contributed by atoms with Gasteiger partial charge in [-0.1, -0.05) is 44.0 Å². The van der Waals surface area contributed by atoms with E-state index in [9.17, 15) is 0 Å². The molecule has 0 aliphatic rings. The van der Waals surface area contributed by atoms with Crippen molar-refractivity contribution in [3.63, 3.8) is 0 Å². The normalized spacial score (nSPS) is 12.2. The zero-order valence-corrected chi connectivity index (χ0v) is 14.7. The Morgan fingerprint density at radius 1 is 1.10 bits per heavy atom. The molecule has 0 aliphatic heterocycles. The van der Waals surface area contributed by atoms with Crippen LogP contribution in [0.4, 0.5) is 0 Å². The summed E-state index contributed by atoms with van der Waals surface area (Å²) in [6, 6.07) is 14.6. The number of hydrogen-bond acceptors (Lipinski definition) is 2. The number of ether oxygens (including phenoxy) is 1. The molecule has 0 bridgehead atoms. The molecule has 0 saturated heterocycles. The number of nitrogens with one attached hydrogen (secondary N) is 1. The molecule has 1 N–H and O–H groups in total. The molecule has 4 heteroatoms. The minimum absolute atomic E-state index is 0.137. The van der Waals surface area contributed by atoms with Gasteiger partial charge in [0.2, 0.25) is 0 Å². The molecule has 0 saturated carbocycles. The van der Waals surface area contributed by atoms with Crippen LogP contribution >= 0.6 is 31.9 Å². The van der Waals surface area contributed by atoms with Crippen molar-refractivity contribution < 1.29 is 4.74 Å². The molecular weight excluding hydrogens is 382 g/mol. The first-order chi connectivity index (χ1) is 9.65. The topological polar surface area (TPSA) is 21.3 Å². The van der Waals surface area contributed by atoms with Crippen LogP contribution in [0.15, 0.2) is 51.4 Å². The van der Waals surface area contributed by atoms with Gasteiger partial charge in [0.05, 0.1) is 12.6 Å². The first kappa shape index (κ1) is 15.5. The van der Waals surface area contributed by atoms with Gasteiger partial charge in [0.15, 0.2) is 0 Å². The fraction of sp³-hybridized carbons (Fsp3) is 0.250. The summed E-state index contributed by atoms with van der Waals surface area (Å²) < 4.78 is 7.65. The number of rotatable bonds is 5. The zero-order valence-electron chi connectivity index (χ0n) is 11.5. The van der Waals surface area contributed by atoms with Crippen LogP contribution in [-0.2, 0) is 0 Å². The van der Waals surface area contributed by atoms with Crippen molar-refractivity contribution in [2.45, 2.75) is 13.0 Å². The van der Waals surface area contributed by atoms with Crippen LogP contribution in [0, 0.1) is 0 Å². The summed E-state index contributed by atoms with van der Waals surface area (Å²) in [6.07, 6.45) is 0. The van der Waals surface area contributed by atoms with Gasteiger partial charge in [-0.15, -0.1) is 0 Å². The highest BCUT2D eigenvalue weighted by Gasteiger charge is 2.15. The van der Waals surface area contributed by atoms with E-state index in [-0.39, 0.29) is 6.04 Å². The maximum atomic E-state index is 5.49. The van der Waals surface area contributed by atoms with Crippen LogP contribution in [0.2, 0.25) is 0 Å². The second-order valence-electron chi connectivity index (χ2n) is 4.39. The van der Waals surface area contributed by atoms with Crippen molar-refractivity contribution in [3.8, 4) is 5.75 Å². The molecule has 2 nitrogen and oxygen atoms in total. The Hall–Kier alpha value is -0.840. The van der Waals surface area contributed by atoms with Gasteiger partial charge in [-0.25, -0.2) is 0 Å². The number of halogens is 2. The van der Waals surface area contributed by atoms with Crippen molar-refractivity contribution in [1.82, 2.24) is 5.32 Å². The fourth-order valence-electron chi connectivity index (χ4n) is 2.16. The van der Waals surface area contributed by atoms with Crippen LogP contribution < -0.4 is 10.1 Å². The average Bonchev–Trinajstić information content (AvgIpc) is 2.45. The maximum absolute atomic E-state index is 5.49. The third kappa shape index (κ3) is 3.62. The van der Waals surface area contributed by atoms with E-state index in [1.165, 1.54) is 11.1 Å².